The average molecular weight is 188 g/mol. The van der Waals surface area contributed by atoms with Gasteiger partial charge in [-0.05, 0) is 24.4 Å². The highest BCUT2D eigenvalue weighted by molar-refractivity contribution is 7.78. The molecule has 0 aliphatic carbocycles. The Hall–Kier alpha value is -1.11. The molecule has 1 rings (SSSR count). The lowest BCUT2D eigenvalue weighted by Gasteiger charge is -2.01. The molecule has 0 fully saturated rings. The Morgan fingerprint density at radius 3 is 2.83 bits per heavy atom. The van der Waals surface area contributed by atoms with Crippen LogP contribution in [0.5, 0.6) is 0 Å². The van der Waals surface area contributed by atoms with Crippen LogP contribution in [0.25, 0.3) is 0 Å². The highest BCUT2D eigenvalue weighted by Crippen LogP contribution is 2.13. The van der Waals surface area contributed by atoms with Gasteiger partial charge in [0.2, 0.25) is 0 Å². The molecule has 0 radical (unpaired) electrons. The molecule has 1 N–H and O–H groups in total. The second-order valence-corrected chi connectivity index (χ2v) is 2.57. The van der Waals surface area contributed by atoms with E-state index in [1.165, 1.54) is 0 Å². The van der Waals surface area contributed by atoms with E-state index in [4.69, 9.17) is 5.11 Å². The van der Waals surface area contributed by atoms with Crippen molar-refractivity contribution in [2.75, 3.05) is 0 Å². The Labute approximate surface area is 74.1 Å². The number of rotatable bonds is 3. The van der Waals surface area contributed by atoms with Crippen molar-refractivity contribution in [1.82, 2.24) is 19.6 Å². The minimum absolute atomic E-state index is 0.194. The number of carboxylic acid groups (broad SMARTS) is 1. The van der Waals surface area contributed by atoms with Crippen LogP contribution in [0.4, 0.5) is 0 Å². The Bertz CT molecular complexity index is 287. The summed E-state index contributed by atoms with van der Waals surface area (Å²) < 4.78 is 0.945. The molecule has 1 aromatic rings. The topological polar surface area (TPSA) is 80.9 Å². The first-order valence-corrected chi connectivity index (χ1v) is 3.77. The largest absolute Gasteiger partial charge is 0.481 e. The summed E-state index contributed by atoms with van der Waals surface area (Å²) in [5, 5.41) is 19.4. The summed E-state index contributed by atoms with van der Waals surface area (Å²) >= 11 is 3.75. The van der Waals surface area contributed by atoms with Crippen LogP contribution >= 0.6 is 12.8 Å². The molecule has 1 atom stereocenters. The number of carbonyl (C=O) groups is 1. The second-order valence-electron chi connectivity index (χ2n) is 2.22. The van der Waals surface area contributed by atoms with Crippen LogP contribution in [0.1, 0.15) is 25.1 Å². The van der Waals surface area contributed by atoms with Gasteiger partial charge >= 0.3 is 5.97 Å². The molecule has 7 heteroatoms. The van der Waals surface area contributed by atoms with E-state index in [1.54, 1.807) is 6.92 Å². The molecule has 1 unspecified atom stereocenters. The number of aromatic nitrogens is 4. The van der Waals surface area contributed by atoms with Gasteiger partial charge in [-0.15, -0.1) is 14.4 Å². The molecule has 1 heterocycles. The van der Waals surface area contributed by atoms with Gasteiger partial charge in [-0.1, -0.05) is 6.92 Å². The minimum atomic E-state index is -0.946. The zero-order valence-electron chi connectivity index (χ0n) is 6.38. The van der Waals surface area contributed by atoms with Crippen molar-refractivity contribution in [2.45, 2.75) is 19.3 Å². The first kappa shape index (κ1) is 8.98. The molecule has 0 amide bonds. The number of thiol groups is 1. The summed E-state index contributed by atoms with van der Waals surface area (Å²) in [5.41, 5.74) is 0. The number of hydrogen-bond donors (Lipinski definition) is 2. The maximum absolute atomic E-state index is 10.6. The lowest BCUT2D eigenvalue weighted by atomic mass is 10.1. The number of nitrogens with zero attached hydrogens (tertiary/aromatic N) is 4. The molecule has 0 spiro atoms. The predicted molar refractivity (Wildman–Crippen MR) is 42.9 cm³/mol. The SMILES string of the molecule is CCC(C(=O)O)c1nnn(S)n1. The maximum Gasteiger partial charge on any atom is 0.314 e. The van der Waals surface area contributed by atoms with Gasteiger partial charge in [-0.3, -0.25) is 4.79 Å². The van der Waals surface area contributed by atoms with E-state index in [0.29, 0.717) is 6.42 Å². The Balaban J connectivity index is 2.87. The van der Waals surface area contributed by atoms with Crippen molar-refractivity contribution in [3.8, 4) is 0 Å². The van der Waals surface area contributed by atoms with E-state index in [1.807, 2.05) is 0 Å². The fourth-order valence-corrected chi connectivity index (χ4v) is 0.956. The van der Waals surface area contributed by atoms with Gasteiger partial charge in [0, 0.05) is 0 Å². The van der Waals surface area contributed by atoms with Crippen molar-refractivity contribution in [2.24, 2.45) is 0 Å². The van der Waals surface area contributed by atoms with Crippen molar-refractivity contribution >= 4 is 18.8 Å². The first-order chi connectivity index (χ1) is 5.65. The van der Waals surface area contributed by atoms with E-state index < -0.39 is 11.9 Å². The molecular formula is C5H8N4O2S. The van der Waals surface area contributed by atoms with Gasteiger partial charge in [-0.2, -0.15) is 0 Å². The minimum Gasteiger partial charge on any atom is -0.481 e. The molecule has 12 heavy (non-hydrogen) atoms. The number of hydrogen-bond acceptors (Lipinski definition) is 5. The quantitative estimate of drug-likeness (QED) is 0.650. The zero-order chi connectivity index (χ0) is 9.14. The van der Waals surface area contributed by atoms with Gasteiger partial charge in [0.15, 0.2) is 5.82 Å². The molecule has 0 aliphatic rings. The standard InChI is InChI=1S/C5H8N4O2S/c1-2-3(5(10)11)4-6-8-9(12)7-4/h3,12H,2H2,1H3,(H,10,11). The van der Waals surface area contributed by atoms with E-state index in [0.717, 1.165) is 4.20 Å². The zero-order valence-corrected chi connectivity index (χ0v) is 7.27. The third-order valence-corrected chi connectivity index (χ3v) is 1.61. The molecule has 0 aromatic carbocycles. The van der Waals surface area contributed by atoms with Gasteiger partial charge in [0.05, 0.1) is 0 Å². The van der Waals surface area contributed by atoms with Crippen LogP contribution in [0.2, 0.25) is 0 Å². The van der Waals surface area contributed by atoms with Gasteiger partial charge < -0.3 is 5.11 Å². The Morgan fingerprint density at radius 2 is 2.50 bits per heavy atom. The van der Waals surface area contributed by atoms with E-state index in [9.17, 15) is 4.79 Å². The molecule has 0 bridgehead atoms. The summed E-state index contributed by atoms with van der Waals surface area (Å²) in [6.45, 7) is 1.75. The molecule has 0 aliphatic heterocycles. The smallest absolute Gasteiger partial charge is 0.314 e. The van der Waals surface area contributed by atoms with Crippen molar-refractivity contribution in [3.63, 3.8) is 0 Å². The van der Waals surface area contributed by atoms with Gasteiger partial charge in [0.25, 0.3) is 0 Å². The average Bonchev–Trinajstić information content (AvgIpc) is 2.37. The van der Waals surface area contributed by atoms with E-state index >= 15 is 0 Å². The number of tetrazole rings is 1. The maximum atomic E-state index is 10.6. The molecule has 0 saturated heterocycles. The molecular weight excluding hydrogens is 180 g/mol. The number of carboxylic acids is 1. The van der Waals surface area contributed by atoms with Gasteiger partial charge in [0.1, 0.15) is 5.92 Å². The first-order valence-electron chi connectivity index (χ1n) is 3.37. The lowest BCUT2D eigenvalue weighted by molar-refractivity contribution is -0.139. The summed E-state index contributed by atoms with van der Waals surface area (Å²) in [6, 6.07) is 0. The highest BCUT2D eigenvalue weighted by Gasteiger charge is 2.22. The van der Waals surface area contributed by atoms with E-state index in [-0.39, 0.29) is 5.82 Å². The summed E-state index contributed by atoms with van der Waals surface area (Å²) in [7, 11) is 0. The fraction of sp³-hybridized carbons (Fsp3) is 0.600. The summed E-state index contributed by atoms with van der Waals surface area (Å²) in [6.07, 6.45) is 0.439. The monoisotopic (exact) mass is 188 g/mol. The van der Waals surface area contributed by atoms with Gasteiger partial charge in [-0.25, -0.2) is 0 Å². The van der Waals surface area contributed by atoms with Crippen LogP contribution in [0, 0.1) is 0 Å². The third kappa shape index (κ3) is 1.73. The molecule has 66 valence electrons. The highest BCUT2D eigenvalue weighted by atomic mass is 32.1. The van der Waals surface area contributed by atoms with Crippen molar-refractivity contribution < 1.29 is 9.90 Å². The lowest BCUT2D eigenvalue weighted by Crippen LogP contribution is -2.12. The fourth-order valence-electron chi connectivity index (χ4n) is 0.824. The predicted octanol–water partition coefficient (Wildman–Crippen LogP) is -0.0558. The Morgan fingerprint density at radius 1 is 1.83 bits per heavy atom. The van der Waals surface area contributed by atoms with E-state index in [2.05, 4.69) is 28.2 Å². The molecule has 1 aromatic heterocycles. The van der Waals surface area contributed by atoms with Crippen molar-refractivity contribution in [3.05, 3.63) is 5.82 Å². The van der Waals surface area contributed by atoms with Crippen LogP contribution < -0.4 is 0 Å². The third-order valence-electron chi connectivity index (χ3n) is 1.44. The Kier molecular flexibility index (Phi) is 2.64. The van der Waals surface area contributed by atoms with Crippen LogP contribution in [-0.4, -0.2) is 30.7 Å². The second kappa shape index (κ2) is 3.53. The summed E-state index contributed by atoms with van der Waals surface area (Å²) in [4.78, 5) is 10.6. The van der Waals surface area contributed by atoms with Crippen molar-refractivity contribution in [1.29, 1.82) is 0 Å². The summed E-state index contributed by atoms with van der Waals surface area (Å²) in [5.74, 6) is -1.44. The van der Waals surface area contributed by atoms with Crippen LogP contribution in [0.3, 0.4) is 0 Å². The normalized spacial score (nSPS) is 12.8. The molecule has 6 nitrogen and oxygen atoms in total. The number of aliphatic carboxylic acids is 1. The van der Waals surface area contributed by atoms with Crippen LogP contribution in [-0.2, 0) is 4.79 Å². The van der Waals surface area contributed by atoms with Crippen LogP contribution in [0.15, 0.2) is 0 Å². The molecule has 0 saturated carbocycles.